The summed E-state index contributed by atoms with van der Waals surface area (Å²) in [6, 6.07) is 4.07. The number of piperidine rings is 1. The minimum absolute atomic E-state index is 0.0214. The predicted octanol–water partition coefficient (Wildman–Crippen LogP) is 0.563. The summed E-state index contributed by atoms with van der Waals surface area (Å²) in [5, 5.41) is 4.35. The van der Waals surface area contributed by atoms with Crippen LogP contribution in [0.15, 0.2) is 24.5 Å². The zero-order valence-corrected chi connectivity index (χ0v) is 18.9. The van der Waals surface area contributed by atoms with Crippen LogP contribution < -0.4 is 0 Å². The molecule has 0 radical (unpaired) electrons. The van der Waals surface area contributed by atoms with Crippen molar-refractivity contribution in [2.24, 2.45) is 0 Å². The Bertz CT molecular complexity index is 1070. The van der Waals surface area contributed by atoms with Crippen LogP contribution in [-0.4, -0.2) is 103 Å². The van der Waals surface area contributed by atoms with E-state index in [4.69, 9.17) is 9.47 Å². The lowest BCUT2D eigenvalue weighted by atomic mass is 9.90. The molecule has 32 heavy (non-hydrogen) atoms. The molecule has 3 aliphatic heterocycles. The summed E-state index contributed by atoms with van der Waals surface area (Å²) in [5.74, 6) is 0.226. The maximum Gasteiger partial charge on any atom is 0.282 e. The van der Waals surface area contributed by atoms with Crippen molar-refractivity contribution in [2.75, 3.05) is 65.7 Å². The van der Waals surface area contributed by atoms with Crippen molar-refractivity contribution in [2.45, 2.75) is 18.8 Å². The molecule has 0 spiro atoms. The SMILES string of the molecule is O=C(c1cnn2ccc(C3CCN(S(=O)(=O)N4CCOCC4)CC3)cc12)N1CCOCC1. The van der Waals surface area contributed by atoms with Crippen LogP contribution >= 0.6 is 0 Å². The Labute approximate surface area is 187 Å². The Kier molecular flexibility index (Phi) is 6.17. The first-order valence-corrected chi connectivity index (χ1v) is 12.6. The number of hydrogen-bond donors (Lipinski definition) is 0. The smallest absolute Gasteiger partial charge is 0.282 e. The second kappa shape index (κ2) is 9.06. The number of carbonyl (C=O) groups excluding carboxylic acids is 1. The number of morpholine rings is 2. The second-order valence-corrected chi connectivity index (χ2v) is 10.4. The monoisotopic (exact) mass is 463 g/mol. The van der Waals surface area contributed by atoms with Gasteiger partial charge in [-0.25, -0.2) is 4.52 Å². The maximum absolute atomic E-state index is 13.0. The van der Waals surface area contributed by atoms with Gasteiger partial charge in [0.15, 0.2) is 0 Å². The Morgan fingerprint density at radius 2 is 1.56 bits per heavy atom. The fourth-order valence-corrected chi connectivity index (χ4v) is 6.32. The number of hydrogen-bond acceptors (Lipinski definition) is 6. The molecule has 5 heterocycles. The van der Waals surface area contributed by atoms with Crippen LogP contribution in [0.4, 0.5) is 0 Å². The highest BCUT2D eigenvalue weighted by molar-refractivity contribution is 7.86. The van der Waals surface area contributed by atoms with E-state index >= 15 is 0 Å². The molecule has 174 valence electrons. The Hall–Kier alpha value is -2.05. The lowest BCUT2D eigenvalue weighted by Gasteiger charge is -2.36. The summed E-state index contributed by atoms with van der Waals surface area (Å²) in [5.41, 5.74) is 2.51. The topological polar surface area (TPSA) is 96.7 Å². The molecule has 3 aliphatic rings. The van der Waals surface area contributed by atoms with Gasteiger partial charge < -0.3 is 14.4 Å². The lowest BCUT2D eigenvalue weighted by molar-refractivity contribution is 0.0304. The van der Waals surface area contributed by atoms with Crippen molar-refractivity contribution in [3.63, 3.8) is 0 Å². The van der Waals surface area contributed by atoms with Crippen molar-refractivity contribution >= 4 is 21.6 Å². The Balaban J connectivity index is 1.30. The van der Waals surface area contributed by atoms with Gasteiger partial charge in [-0.2, -0.15) is 22.1 Å². The molecule has 5 rings (SSSR count). The van der Waals surface area contributed by atoms with E-state index in [-0.39, 0.29) is 11.8 Å². The van der Waals surface area contributed by atoms with Crippen LogP contribution in [0.5, 0.6) is 0 Å². The quantitative estimate of drug-likeness (QED) is 0.658. The number of amides is 1. The fourth-order valence-electron chi connectivity index (χ4n) is 4.71. The third-order valence-corrected chi connectivity index (χ3v) is 8.66. The van der Waals surface area contributed by atoms with Crippen molar-refractivity contribution < 1.29 is 22.7 Å². The molecule has 3 saturated heterocycles. The van der Waals surface area contributed by atoms with E-state index in [0.29, 0.717) is 71.3 Å². The molecule has 0 aliphatic carbocycles. The molecule has 11 heteroatoms. The first-order valence-electron chi connectivity index (χ1n) is 11.2. The number of nitrogens with zero attached hydrogens (tertiary/aromatic N) is 5. The van der Waals surface area contributed by atoms with Crippen molar-refractivity contribution in [1.82, 2.24) is 23.1 Å². The zero-order chi connectivity index (χ0) is 22.1. The van der Waals surface area contributed by atoms with Crippen LogP contribution in [0.3, 0.4) is 0 Å². The van der Waals surface area contributed by atoms with Gasteiger partial charge in [-0.05, 0) is 36.5 Å². The summed E-state index contributed by atoms with van der Waals surface area (Å²) in [4.78, 5) is 14.8. The molecule has 0 bridgehead atoms. The minimum Gasteiger partial charge on any atom is -0.379 e. The molecule has 0 unspecified atom stereocenters. The second-order valence-electron chi connectivity index (χ2n) is 8.45. The number of carbonyl (C=O) groups is 1. The average Bonchev–Trinajstić information content (AvgIpc) is 3.28. The van der Waals surface area contributed by atoms with Gasteiger partial charge in [0.05, 0.1) is 43.7 Å². The number of ether oxygens (including phenoxy) is 2. The van der Waals surface area contributed by atoms with Gasteiger partial charge in [0.25, 0.3) is 16.1 Å². The van der Waals surface area contributed by atoms with Crippen LogP contribution in [0.1, 0.15) is 34.7 Å². The van der Waals surface area contributed by atoms with E-state index in [1.54, 1.807) is 15.0 Å². The Morgan fingerprint density at radius 1 is 0.938 bits per heavy atom. The van der Waals surface area contributed by atoms with Crippen molar-refractivity contribution in [3.05, 3.63) is 35.7 Å². The van der Waals surface area contributed by atoms with Crippen LogP contribution in [0.2, 0.25) is 0 Å². The van der Waals surface area contributed by atoms with Gasteiger partial charge in [-0.1, -0.05) is 0 Å². The zero-order valence-electron chi connectivity index (χ0n) is 18.1. The van der Waals surface area contributed by atoms with Gasteiger partial charge in [0.1, 0.15) is 0 Å². The number of pyridine rings is 1. The van der Waals surface area contributed by atoms with Crippen LogP contribution in [-0.2, 0) is 19.7 Å². The highest BCUT2D eigenvalue weighted by Crippen LogP contribution is 2.31. The molecule has 10 nitrogen and oxygen atoms in total. The predicted molar refractivity (Wildman–Crippen MR) is 117 cm³/mol. The third-order valence-electron chi connectivity index (χ3n) is 6.62. The summed E-state index contributed by atoms with van der Waals surface area (Å²) < 4.78 is 41.3. The molecule has 0 aromatic carbocycles. The largest absolute Gasteiger partial charge is 0.379 e. The molecule has 2 aromatic heterocycles. The summed E-state index contributed by atoms with van der Waals surface area (Å²) >= 11 is 0. The first kappa shape index (κ1) is 21.8. The molecule has 0 saturated carbocycles. The number of fused-ring (bicyclic) bond motifs is 1. The van der Waals surface area contributed by atoms with E-state index in [2.05, 4.69) is 5.10 Å². The molecule has 2 aromatic rings. The van der Waals surface area contributed by atoms with Gasteiger partial charge >= 0.3 is 0 Å². The molecular formula is C21H29N5O5S. The van der Waals surface area contributed by atoms with E-state index in [9.17, 15) is 13.2 Å². The van der Waals surface area contributed by atoms with Gasteiger partial charge in [0.2, 0.25) is 0 Å². The normalized spacial score (nSPS) is 22.4. The highest BCUT2D eigenvalue weighted by atomic mass is 32.2. The molecular weight excluding hydrogens is 434 g/mol. The lowest BCUT2D eigenvalue weighted by Crippen LogP contribution is -2.50. The van der Waals surface area contributed by atoms with Crippen molar-refractivity contribution in [3.8, 4) is 0 Å². The molecule has 0 atom stereocenters. The minimum atomic E-state index is -3.43. The molecule has 1 amide bonds. The van der Waals surface area contributed by atoms with Crippen LogP contribution in [0.25, 0.3) is 5.52 Å². The first-order chi connectivity index (χ1) is 15.5. The number of aromatic nitrogens is 2. The van der Waals surface area contributed by atoms with Gasteiger partial charge in [0, 0.05) is 45.5 Å². The maximum atomic E-state index is 13.0. The third kappa shape index (κ3) is 4.15. The van der Waals surface area contributed by atoms with Gasteiger partial charge in [-0.15, -0.1) is 0 Å². The van der Waals surface area contributed by atoms with Crippen LogP contribution in [0, 0.1) is 0 Å². The van der Waals surface area contributed by atoms with Gasteiger partial charge in [-0.3, -0.25) is 4.79 Å². The summed E-state index contributed by atoms with van der Waals surface area (Å²) in [6.07, 6.45) is 5.02. The average molecular weight is 464 g/mol. The van der Waals surface area contributed by atoms with E-state index in [1.165, 1.54) is 4.31 Å². The molecule has 3 fully saturated rings. The summed E-state index contributed by atoms with van der Waals surface area (Å²) in [7, 11) is -3.43. The van der Waals surface area contributed by atoms with E-state index < -0.39 is 10.2 Å². The molecule has 0 N–H and O–H groups in total. The summed E-state index contributed by atoms with van der Waals surface area (Å²) in [6.45, 7) is 5.02. The number of rotatable bonds is 4. The van der Waals surface area contributed by atoms with E-state index in [0.717, 1.165) is 23.9 Å². The van der Waals surface area contributed by atoms with E-state index in [1.807, 2.05) is 23.2 Å². The standard InChI is InChI=1S/C21H29N5O5S/c27-21(23-7-11-30-12-8-23)19-16-22-26-6-3-18(15-20(19)26)17-1-4-24(5-2-17)32(28,29)25-9-13-31-14-10-25/h3,6,15-17H,1-2,4-5,7-14H2. The van der Waals surface area contributed by atoms with Crippen molar-refractivity contribution in [1.29, 1.82) is 0 Å². The highest BCUT2D eigenvalue weighted by Gasteiger charge is 2.34. The fraction of sp³-hybridized carbons (Fsp3) is 0.619. The Morgan fingerprint density at radius 3 is 2.25 bits per heavy atom.